The molecule has 1 aromatic rings. The van der Waals surface area contributed by atoms with E-state index >= 15 is 0 Å². The second-order valence-electron chi connectivity index (χ2n) is 6.89. The number of carbonyl (C=O) groups is 1. The number of hydrogen-bond donors (Lipinski definition) is 0. The molecule has 1 aliphatic heterocycles. The van der Waals surface area contributed by atoms with Crippen molar-refractivity contribution in [1.29, 1.82) is 0 Å². The van der Waals surface area contributed by atoms with E-state index in [1.165, 1.54) is 0 Å². The molecule has 0 bridgehead atoms. The minimum Gasteiger partial charge on any atom is -0.444 e. The van der Waals surface area contributed by atoms with Crippen molar-refractivity contribution in [2.45, 2.75) is 56.4 Å². The number of carbonyl (C=O) groups excluding carboxylic acids is 1. The van der Waals surface area contributed by atoms with Crippen molar-refractivity contribution in [3.8, 4) is 0 Å². The number of likely N-dealkylation sites (tertiary alicyclic amines) is 1. The Balaban J connectivity index is 2.01. The highest BCUT2D eigenvalue weighted by Gasteiger charge is 2.34. The topological polar surface area (TPSA) is 76.6 Å². The van der Waals surface area contributed by atoms with Crippen LogP contribution in [0.5, 0.6) is 0 Å². The van der Waals surface area contributed by atoms with Gasteiger partial charge in [-0.05, 0) is 52.2 Å². The summed E-state index contributed by atoms with van der Waals surface area (Å²) >= 11 is 0. The molecule has 0 spiro atoms. The Bertz CT molecular complexity index is 654. The Morgan fingerprint density at radius 3 is 2.35 bits per heavy atom. The maximum Gasteiger partial charge on any atom is 0.410 e. The van der Waals surface area contributed by atoms with E-state index < -0.39 is 20.7 Å². The Kier molecular flexibility index (Phi) is 4.98. The van der Waals surface area contributed by atoms with Gasteiger partial charge >= 0.3 is 6.09 Å². The van der Waals surface area contributed by atoms with Crippen molar-refractivity contribution < 1.29 is 17.9 Å². The number of amides is 1. The maximum absolute atomic E-state index is 12.6. The molecule has 0 aromatic carbocycles. The number of rotatable bonds is 2. The fourth-order valence-corrected chi connectivity index (χ4v) is 4.10. The van der Waals surface area contributed by atoms with Crippen LogP contribution in [0.2, 0.25) is 0 Å². The van der Waals surface area contributed by atoms with Crippen LogP contribution in [0.25, 0.3) is 0 Å². The highest BCUT2D eigenvalue weighted by Crippen LogP contribution is 2.24. The summed E-state index contributed by atoms with van der Waals surface area (Å²) in [7, 11) is -3.45. The zero-order chi connectivity index (χ0) is 17.3. The van der Waals surface area contributed by atoms with Crippen molar-refractivity contribution in [1.82, 2.24) is 9.88 Å². The quantitative estimate of drug-likeness (QED) is 0.827. The summed E-state index contributed by atoms with van der Waals surface area (Å²) in [6.45, 7) is 8.06. The normalized spacial score (nSPS) is 17.1. The fraction of sp³-hybridized carbons (Fsp3) is 0.625. The Morgan fingerprint density at radius 1 is 1.26 bits per heavy atom. The van der Waals surface area contributed by atoms with Gasteiger partial charge in [0, 0.05) is 19.3 Å². The first-order valence-corrected chi connectivity index (χ1v) is 9.29. The molecule has 0 N–H and O–H groups in total. The molecule has 1 aromatic heterocycles. The van der Waals surface area contributed by atoms with Crippen LogP contribution in [0.15, 0.2) is 23.4 Å². The van der Waals surface area contributed by atoms with Crippen LogP contribution in [0.4, 0.5) is 4.79 Å². The number of ether oxygens (including phenoxy) is 1. The molecular formula is C16H24N2O4S. The molecule has 0 aliphatic carbocycles. The lowest BCUT2D eigenvalue weighted by molar-refractivity contribution is 0.0217. The number of piperidine rings is 1. The third-order valence-electron chi connectivity index (χ3n) is 3.71. The van der Waals surface area contributed by atoms with Gasteiger partial charge in [0.05, 0.1) is 5.25 Å². The Hall–Kier alpha value is -1.63. The summed E-state index contributed by atoms with van der Waals surface area (Å²) in [6, 6.07) is 3.29. The van der Waals surface area contributed by atoms with Gasteiger partial charge in [0.1, 0.15) is 5.60 Å². The molecular weight excluding hydrogens is 316 g/mol. The Labute approximate surface area is 137 Å². The van der Waals surface area contributed by atoms with E-state index in [2.05, 4.69) is 4.98 Å². The van der Waals surface area contributed by atoms with Crippen LogP contribution >= 0.6 is 0 Å². The van der Waals surface area contributed by atoms with Gasteiger partial charge < -0.3 is 9.64 Å². The number of sulfone groups is 1. The van der Waals surface area contributed by atoms with Crippen molar-refractivity contribution in [3.63, 3.8) is 0 Å². The van der Waals surface area contributed by atoms with Gasteiger partial charge in [0.2, 0.25) is 0 Å². The molecule has 0 radical (unpaired) electrons. The van der Waals surface area contributed by atoms with Gasteiger partial charge in [-0.2, -0.15) is 0 Å². The molecule has 1 amide bonds. The number of nitrogens with zero attached hydrogens (tertiary/aromatic N) is 2. The molecule has 7 heteroatoms. The minimum absolute atomic E-state index is 0.110. The van der Waals surface area contributed by atoms with Crippen LogP contribution in [-0.2, 0) is 14.6 Å². The molecule has 0 atom stereocenters. The highest BCUT2D eigenvalue weighted by molar-refractivity contribution is 7.92. The summed E-state index contributed by atoms with van der Waals surface area (Å²) in [4.78, 5) is 17.6. The third-order valence-corrected chi connectivity index (χ3v) is 5.88. The SMILES string of the molecule is Cc1ccc(S(=O)(=O)C2CCN(C(=O)OC(C)(C)C)CC2)nc1. The second kappa shape index (κ2) is 6.47. The van der Waals surface area contributed by atoms with Crippen molar-refractivity contribution in [3.05, 3.63) is 23.9 Å². The number of hydrogen-bond acceptors (Lipinski definition) is 5. The summed E-state index contributed by atoms with van der Waals surface area (Å²) < 4.78 is 30.5. The van der Waals surface area contributed by atoms with Crippen LogP contribution in [-0.4, -0.2) is 48.3 Å². The molecule has 6 nitrogen and oxygen atoms in total. The molecule has 0 saturated carbocycles. The van der Waals surface area contributed by atoms with Crippen LogP contribution in [0.1, 0.15) is 39.2 Å². The van der Waals surface area contributed by atoms with E-state index in [1.54, 1.807) is 23.2 Å². The minimum atomic E-state index is -3.45. The van der Waals surface area contributed by atoms with Gasteiger partial charge in [-0.15, -0.1) is 0 Å². The van der Waals surface area contributed by atoms with E-state index in [4.69, 9.17) is 4.74 Å². The predicted molar refractivity (Wildman–Crippen MR) is 87.0 cm³/mol. The van der Waals surface area contributed by atoms with E-state index in [-0.39, 0.29) is 11.1 Å². The van der Waals surface area contributed by atoms with Crippen LogP contribution < -0.4 is 0 Å². The third kappa shape index (κ3) is 4.43. The lowest BCUT2D eigenvalue weighted by Crippen LogP contribution is -2.44. The number of pyridine rings is 1. The largest absolute Gasteiger partial charge is 0.444 e. The van der Waals surface area contributed by atoms with E-state index in [0.717, 1.165) is 5.56 Å². The number of aromatic nitrogens is 1. The first-order chi connectivity index (χ1) is 10.6. The standard InChI is InChI=1S/C16H24N2O4S/c1-12-5-6-14(17-11-12)23(20,21)13-7-9-18(10-8-13)15(19)22-16(2,3)4/h5-6,11,13H,7-10H2,1-4H3. The van der Waals surface area contributed by atoms with Gasteiger partial charge in [-0.25, -0.2) is 18.2 Å². The highest BCUT2D eigenvalue weighted by atomic mass is 32.2. The smallest absolute Gasteiger partial charge is 0.410 e. The second-order valence-corrected chi connectivity index (χ2v) is 9.06. The molecule has 23 heavy (non-hydrogen) atoms. The van der Waals surface area contributed by atoms with Crippen molar-refractivity contribution in [2.24, 2.45) is 0 Å². The molecule has 2 rings (SSSR count). The van der Waals surface area contributed by atoms with Gasteiger partial charge in [-0.3, -0.25) is 0 Å². The monoisotopic (exact) mass is 340 g/mol. The molecule has 1 saturated heterocycles. The summed E-state index contributed by atoms with van der Waals surface area (Å²) in [6.07, 6.45) is 1.97. The lowest BCUT2D eigenvalue weighted by atomic mass is 10.1. The first-order valence-electron chi connectivity index (χ1n) is 7.74. The predicted octanol–water partition coefficient (Wildman–Crippen LogP) is 2.56. The van der Waals surface area contributed by atoms with E-state index in [9.17, 15) is 13.2 Å². The van der Waals surface area contributed by atoms with Crippen molar-refractivity contribution >= 4 is 15.9 Å². The molecule has 0 unspecified atom stereocenters. The maximum atomic E-state index is 12.6. The summed E-state index contributed by atoms with van der Waals surface area (Å²) in [5.41, 5.74) is 0.370. The first kappa shape index (κ1) is 17.7. The Morgan fingerprint density at radius 2 is 1.87 bits per heavy atom. The molecule has 128 valence electrons. The number of aryl methyl sites for hydroxylation is 1. The lowest BCUT2D eigenvalue weighted by Gasteiger charge is -2.33. The summed E-state index contributed by atoms with van der Waals surface area (Å²) in [5.74, 6) is 0. The zero-order valence-electron chi connectivity index (χ0n) is 14.1. The van der Waals surface area contributed by atoms with Crippen molar-refractivity contribution in [2.75, 3.05) is 13.1 Å². The van der Waals surface area contributed by atoms with Crippen LogP contribution in [0, 0.1) is 6.92 Å². The van der Waals surface area contributed by atoms with E-state index in [1.807, 2.05) is 27.7 Å². The average molecular weight is 340 g/mol. The van der Waals surface area contributed by atoms with Crippen LogP contribution in [0.3, 0.4) is 0 Å². The van der Waals surface area contributed by atoms with Gasteiger partial charge in [0.25, 0.3) is 0 Å². The summed E-state index contributed by atoms with van der Waals surface area (Å²) in [5, 5.41) is -0.393. The zero-order valence-corrected chi connectivity index (χ0v) is 14.9. The molecule has 1 fully saturated rings. The fourth-order valence-electron chi connectivity index (χ4n) is 2.47. The van der Waals surface area contributed by atoms with Gasteiger partial charge in [-0.1, -0.05) is 6.07 Å². The molecule has 2 heterocycles. The van der Waals surface area contributed by atoms with E-state index in [0.29, 0.717) is 25.9 Å². The molecule has 1 aliphatic rings. The van der Waals surface area contributed by atoms with Gasteiger partial charge in [0.15, 0.2) is 14.9 Å². The average Bonchev–Trinajstić information content (AvgIpc) is 2.46.